The van der Waals surface area contributed by atoms with Crippen molar-refractivity contribution in [1.29, 1.82) is 0 Å². The molecule has 0 fully saturated rings. The third kappa shape index (κ3) is 27.0. The lowest BCUT2D eigenvalue weighted by Crippen LogP contribution is -2.45. The van der Waals surface area contributed by atoms with Gasteiger partial charge in [-0.1, -0.05) is 20.6 Å². The van der Waals surface area contributed by atoms with Crippen molar-refractivity contribution >= 4 is 32.2 Å². The second kappa shape index (κ2) is 17.6. The van der Waals surface area contributed by atoms with Crippen molar-refractivity contribution in [3.63, 3.8) is 0 Å². The molecule has 0 heterocycles. The average molecular weight is 575 g/mol. The SMILES string of the molecule is C.C=C(C)C(=O)OCC[N+](C)(C)CCCCS(=O)(=O)[O-].C=C(C)C(=O)OCC[N+](C)(C)CCS(=O)(=O)[O-]. The highest BCUT2D eigenvalue weighted by Gasteiger charge is 2.18. The summed E-state index contributed by atoms with van der Waals surface area (Å²) in [6.07, 6.45) is 1.00. The van der Waals surface area contributed by atoms with Crippen LogP contribution in [0.15, 0.2) is 24.3 Å². The van der Waals surface area contributed by atoms with Crippen molar-refractivity contribution in [2.45, 2.75) is 34.1 Å². The van der Waals surface area contributed by atoms with Gasteiger partial charge < -0.3 is 27.5 Å². The standard InChI is InChI=1S/C12H23NO5S.C10H19NO5S.CH4/c1-11(2)12(14)18-9-8-13(3,4)7-5-6-10-19(15,16)17;1-9(2)10(12)16-7-5-11(3,4)6-8-17(13,14)15;/h1,5-10H2,2-4H3;1,5-8H2,2-4H3;1H4. The molecule has 0 unspecified atom stereocenters. The van der Waals surface area contributed by atoms with E-state index in [2.05, 4.69) is 13.2 Å². The first-order valence-electron chi connectivity index (χ1n) is 11.2. The number of nitrogens with zero attached hydrogens (tertiary/aromatic N) is 2. The van der Waals surface area contributed by atoms with E-state index in [-0.39, 0.29) is 26.3 Å². The molecule has 0 atom stereocenters. The number of unbranched alkanes of at least 4 members (excludes halogenated alkanes) is 1. The Bertz CT molecular complexity index is 956. The first-order chi connectivity index (χ1) is 16.1. The molecule has 12 nitrogen and oxygen atoms in total. The van der Waals surface area contributed by atoms with E-state index in [1.165, 1.54) is 0 Å². The van der Waals surface area contributed by atoms with Crippen molar-refractivity contribution < 1.29 is 54.0 Å². The van der Waals surface area contributed by atoms with Crippen LogP contribution in [0.25, 0.3) is 0 Å². The Morgan fingerprint density at radius 3 is 1.35 bits per heavy atom. The van der Waals surface area contributed by atoms with Gasteiger partial charge in [0.2, 0.25) is 0 Å². The molecule has 0 aliphatic heterocycles. The quantitative estimate of drug-likeness (QED) is 0.0848. The lowest BCUT2D eigenvalue weighted by atomic mass is 10.3. The van der Waals surface area contributed by atoms with E-state index in [9.17, 15) is 35.5 Å². The predicted molar refractivity (Wildman–Crippen MR) is 140 cm³/mol. The van der Waals surface area contributed by atoms with Gasteiger partial charge in [-0.2, -0.15) is 0 Å². The fourth-order valence-corrected chi connectivity index (χ4v) is 3.69. The minimum Gasteiger partial charge on any atom is -0.748 e. The highest BCUT2D eigenvalue weighted by Crippen LogP contribution is 2.04. The Balaban J connectivity index is -0.000000612. The van der Waals surface area contributed by atoms with Crippen LogP contribution >= 0.6 is 0 Å². The van der Waals surface area contributed by atoms with Crippen LogP contribution in [0.4, 0.5) is 0 Å². The summed E-state index contributed by atoms with van der Waals surface area (Å²) in [4.78, 5) is 22.2. The van der Waals surface area contributed by atoms with Crippen LogP contribution in [-0.2, 0) is 39.3 Å². The van der Waals surface area contributed by atoms with Crippen LogP contribution in [0.1, 0.15) is 34.1 Å². The van der Waals surface area contributed by atoms with Gasteiger partial charge in [0.1, 0.15) is 36.4 Å². The Morgan fingerprint density at radius 2 is 1.03 bits per heavy atom. The zero-order valence-corrected chi connectivity index (χ0v) is 23.9. The van der Waals surface area contributed by atoms with E-state index < -0.39 is 37.9 Å². The van der Waals surface area contributed by atoms with Gasteiger partial charge >= 0.3 is 11.9 Å². The van der Waals surface area contributed by atoms with E-state index in [0.717, 1.165) is 6.54 Å². The molecule has 0 aliphatic carbocycles. The van der Waals surface area contributed by atoms with Crippen molar-refractivity contribution in [1.82, 2.24) is 0 Å². The van der Waals surface area contributed by atoms with Crippen molar-refractivity contribution in [3.8, 4) is 0 Å². The van der Waals surface area contributed by atoms with E-state index >= 15 is 0 Å². The molecule has 220 valence electrons. The summed E-state index contributed by atoms with van der Waals surface area (Å²) in [5, 5.41) is 0. The van der Waals surface area contributed by atoms with Crippen molar-refractivity contribution in [3.05, 3.63) is 24.3 Å². The third-order valence-corrected chi connectivity index (χ3v) is 6.38. The number of ether oxygens (including phenoxy) is 2. The molecular weight excluding hydrogens is 528 g/mol. The van der Waals surface area contributed by atoms with Crippen molar-refractivity contribution in [2.24, 2.45) is 0 Å². The number of hydrogen-bond acceptors (Lipinski definition) is 10. The molecule has 0 radical (unpaired) electrons. The molecular formula is C23H46N2O10S2. The second-order valence-corrected chi connectivity index (χ2v) is 12.9. The number of quaternary nitrogens is 2. The van der Waals surface area contributed by atoms with Crippen LogP contribution < -0.4 is 0 Å². The topological polar surface area (TPSA) is 167 Å². The normalized spacial score (nSPS) is 11.9. The third-order valence-electron chi connectivity index (χ3n) is 4.91. The fourth-order valence-electron chi connectivity index (χ4n) is 2.42. The van der Waals surface area contributed by atoms with Gasteiger partial charge in [-0.15, -0.1) is 0 Å². The molecule has 37 heavy (non-hydrogen) atoms. The van der Waals surface area contributed by atoms with E-state index in [4.69, 9.17) is 9.47 Å². The molecule has 0 aliphatic rings. The van der Waals surface area contributed by atoms with Crippen LogP contribution in [0.5, 0.6) is 0 Å². The minimum atomic E-state index is -4.20. The number of rotatable bonds is 16. The van der Waals surface area contributed by atoms with Crippen LogP contribution in [-0.4, -0.2) is 126 Å². The number of likely N-dealkylation sites (N-methyl/N-ethyl adjacent to an activating group) is 2. The van der Waals surface area contributed by atoms with Gasteiger partial charge in [0.15, 0.2) is 0 Å². The van der Waals surface area contributed by atoms with E-state index in [1.54, 1.807) is 27.9 Å². The Labute approximate surface area is 223 Å². The van der Waals surface area contributed by atoms with Gasteiger partial charge in [-0.25, -0.2) is 26.4 Å². The summed E-state index contributed by atoms with van der Waals surface area (Å²) in [7, 11) is -0.871. The maximum Gasteiger partial charge on any atom is 0.333 e. The predicted octanol–water partition coefficient (Wildman–Crippen LogP) is 0.871. The first kappa shape index (κ1) is 39.7. The summed E-state index contributed by atoms with van der Waals surface area (Å²) < 4.78 is 73.6. The number of esters is 2. The van der Waals surface area contributed by atoms with E-state index in [0.29, 0.717) is 52.7 Å². The Kier molecular flexibility index (Phi) is 18.9. The van der Waals surface area contributed by atoms with Gasteiger partial charge in [0.05, 0.1) is 57.2 Å². The minimum absolute atomic E-state index is 0. The molecule has 0 saturated carbocycles. The smallest absolute Gasteiger partial charge is 0.333 e. The zero-order chi connectivity index (χ0) is 28.8. The molecule has 0 rings (SSSR count). The zero-order valence-electron chi connectivity index (χ0n) is 22.3. The van der Waals surface area contributed by atoms with Gasteiger partial charge in [0, 0.05) is 16.9 Å². The molecule has 0 N–H and O–H groups in total. The summed E-state index contributed by atoms with van der Waals surface area (Å²) in [6.45, 7) is 12.5. The summed E-state index contributed by atoms with van der Waals surface area (Å²) in [6, 6.07) is 0. The highest BCUT2D eigenvalue weighted by molar-refractivity contribution is 7.85. The van der Waals surface area contributed by atoms with Gasteiger partial charge in [0.25, 0.3) is 0 Å². The summed E-state index contributed by atoms with van der Waals surface area (Å²) in [5.74, 6) is -1.62. The molecule has 0 saturated heterocycles. The van der Waals surface area contributed by atoms with E-state index in [1.807, 2.05) is 14.1 Å². The molecule has 0 spiro atoms. The monoisotopic (exact) mass is 574 g/mol. The lowest BCUT2D eigenvalue weighted by molar-refractivity contribution is -0.890. The molecule has 0 aromatic heterocycles. The molecule has 14 heteroatoms. The molecule has 0 amide bonds. The second-order valence-electron chi connectivity index (χ2n) is 9.83. The fraction of sp³-hybridized carbons (Fsp3) is 0.739. The molecule has 0 bridgehead atoms. The summed E-state index contributed by atoms with van der Waals surface area (Å²) in [5.41, 5.74) is 0.684. The maximum atomic E-state index is 11.2. The number of carbonyl (C=O) groups is 2. The van der Waals surface area contributed by atoms with Crippen LogP contribution in [0.2, 0.25) is 0 Å². The largest absolute Gasteiger partial charge is 0.748 e. The Hall–Kier alpha value is -1.84. The van der Waals surface area contributed by atoms with Gasteiger partial charge in [-0.05, 0) is 26.7 Å². The van der Waals surface area contributed by atoms with Crippen molar-refractivity contribution in [2.75, 3.05) is 79.1 Å². The molecule has 0 aromatic carbocycles. The first-order valence-corrected chi connectivity index (χ1v) is 14.4. The number of hydrogen-bond donors (Lipinski definition) is 0. The van der Waals surface area contributed by atoms with Gasteiger partial charge in [-0.3, -0.25) is 0 Å². The number of carbonyl (C=O) groups excluding carboxylic acids is 2. The maximum absolute atomic E-state index is 11.2. The average Bonchev–Trinajstić information content (AvgIpc) is 2.68. The Morgan fingerprint density at radius 1 is 0.676 bits per heavy atom. The van der Waals surface area contributed by atoms with Crippen LogP contribution in [0.3, 0.4) is 0 Å². The summed E-state index contributed by atoms with van der Waals surface area (Å²) >= 11 is 0. The highest BCUT2D eigenvalue weighted by atomic mass is 32.2. The van der Waals surface area contributed by atoms with Crippen LogP contribution in [0, 0.1) is 0 Å². The molecule has 0 aromatic rings. The lowest BCUT2D eigenvalue weighted by Gasteiger charge is -2.29.